The molecule has 0 bridgehead atoms. The Hall–Kier alpha value is -1.17. The highest BCUT2D eigenvalue weighted by atomic mass is 35.5. The lowest BCUT2D eigenvalue weighted by Gasteiger charge is -2.29. The Morgan fingerprint density at radius 3 is 2.47 bits per heavy atom. The van der Waals surface area contributed by atoms with E-state index >= 15 is 0 Å². The number of morpholine rings is 1. The summed E-state index contributed by atoms with van der Waals surface area (Å²) in [4.78, 5) is 13.8. The first-order chi connectivity index (χ1) is 8.66. The molecule has 1 aromatic rings. The van der Waals surface area contributed by atoms with Crippen LogP contribution in [-0.2, 0) is 16.0 Å². The maximum absolute atomic E-state index is 12.8. The summed E-state index contributed by atoms with van der Waals surface area (Å²) in [6.45, 7) is 2.32. The molecule has 2 N–H and O–H groups in total. The monoisotopic (exact) mass is 288 g/mol. The van der Waals surface area contributed by atoms with Crippen molar-refractivity contribution in [1.29, 1.82) is 0 Å². The van der Waals surface area contributed by atoms with Crippen molar-refractivity contribution in [2.45, 2.75) is 12.5 Å². The maximum atomic E-state index is 12.8. The van der Waals surface area contributed by atoms with Gasteiger partial charge in [0, 0.05) is 13.1 Å². The second-order valence-corrected chi connectivity index (χ2v) is 4.37. The third-order valence-corrected chi connectivity index (χ3v) is 3.01. The van der Waals surface area contributed by atoms with Crippen LogP contribution in [0.2, 0.25) is 0 Å². The Bertz CT molecular complexity index is 408. The smallest absolute Gasteiger partial charge is 0.239 e. The van der Waals surface area contributed by atoms with Gasteiger partial charge in [-0.05, 0) is 24.1 Å². The standard InChI is InChI=1S/C13H17FN2O2.ClH/c14-11-3-1-10(2-4-11)9-12(15)13(17)16-5-7-18-8-6-16;/h1-4,12H,5-9,15H2;1H. The van der Waals surface area contributed by atoms with Crippen LogP contribution >= 0.6 is 12.4 Å². The van der Waals surface area contributed by atoms with E-state index in [-0.39, 0.29) is 24.1 Å². The molecule has 4 nitrogen and oxygen atoms in total. The minimum atomic E-state index is -0.575. The number of amides is 1. The zero-order chi connectivity index (χ0) is 13.0. The molecular weight excluding hydrogens is 271 g/mol. The molecule has 106 valence electrons. The Morgan fingerprint density at radius 2 is 1.89 bits per heavy atom. The Kier molecular flexibility index (Phi) is 6.21. The number of halogens is 2. The lowest BCUT2D eigenvalue weighted by Crippen LogP contribution is -2.49. The first-order valence-corrected chi connectivity index (χ1v) is 6.03. The van der Waals surface area contributed by atoms with Gasteiger partial charge >= 0.3 is 0 Å². The molecule has 0 radical (unpaired) electrons. The fourth-order valence-electron chi connectivity index (χ4n) is 1.98. The van der Waals surface area contributed by atoms with Crippen molar-refractivity contribution in [2.75, 3.05) is 26.3 Å². The van der Waals surface area contributed by atoms with E-state index in [0.717, 1.165) is 5.56 Å². The molecule has 1 atom stereocenters. The largest absolute Gasteiger partial charge is 0.378 e. The number of hydrogen-bond donors (Lipinski definition) is 1. The molecule has 0 spiro atoms. The maximum Gasteiger partial charge on any atom is 0.239 e. The summed E-state index contributed by atoms with van der Waals surface area (Å²) in [6, 6.07) is 5.49. The van der Waals surface area contributed by atoms with Gasteiger partial charge in [-0.25, -0.2) is 4.39 Å². The average Bonchev–Trinajstić information content (AvgIpc) is 2.41. The van der Waals surface area contributed by atoms with Crippen LogP contribution in [0.4, 0.5) is 4.39 Å². The SMILES string of the molecule is Cl.NC(Cc1ccc(F)cc1)C(=O)N1CCOCC1. The molecule has 1 heterocycles. The molecule has 1 amide bonds. The van der Waals surface area contributed by atoms with Gasteiger partial charge in [-0.3, -0.25) is 4.79 Å². The predicted molar refractivity (Wildman–Crippen MR) is 72.7 cm³/mol. The Morgan fingerprint density at radius 1 is 1.32 bits per heavy atom. The van der Waals surface area contributed by atoms with Gasteiger partial charge in [-0.1, -0.05) is 12.1 Å². The molecule has 1 unspecified atom stereocenters. The second-order valence-electron chi connectivity index (χ2n) is 4.37. The summed E-state index contributed by atoms with van der Waals surface area (Å²) in [5.74, 6) is -0.352. The molecule has 0 saturated carbocycles. The first kappa shape index (κ1) is 15.9. The molecule has 2 rings (SSSR count). The highest BCUT2D eigenvalue weighted by Crippen LogP contribution is 2.07. The van der Waals surface area contributed by atoms with Crippen molar-refractivity contribution in [1.82, 2.24) is 4.90 Å². The summed E-state index contributed by atoms with van der Waals surface area (Å²) in [7, 11) is 0. The highest BCUT2D eigenvalue weighted by molar-refractivity contribution is 5.85. The van der Waals surface area contributed by atoms with Gasteiger partial charge in [-0.2, -0.15) is 0 Å². The fraction of sp³-hybridized carbons (Fsp3) is 0.462. The lowest BCUT2D eigenvalue weighted by atomic mass is 10.1. The number of nitrogens with zero attached hydrogens (tertiary/aromatic N) is 1. The minimum Gasteiger partial charge on any atom is -0.378 e. The van der Waals surface area contributed by atoms with E-state index in [1.54, 1.807) is 17.0 Å². The van der Waals surface area contributed by atoms with Gasteiger partial charge in [0.05, 0.1) is 19.3 Å². The summed E-state index contributed by atoms with van der Waals surface area (Å²) in [6.07, 6.45) is 0.427. The summed E-state index contributed by atoms with van der Waals surface area (Å²) in [5, 5.41) is 0. The normalized spacial score (nSPS) is 16.6. The van der Waals surface area contributed by atoms with E-state index in [9.17, 15) is 9.18 Å². The number of benzene rings is 1. The summed E-state index contributed by atoms with van der Waals surface area (Å²) < 4.78 is 17.9. The molecule has 6 heteroatoms. The van der Waals surface area contributed by atoms with Crippen LogP contribution in [0.1, 0.15) is 5.56 Å². The van der Waals surface area contributed by atoms with Gasteiger partial charge < -0.3 is 15.4 Å². The number of nitrogens with two attached hydrogens (primary N) is 1. The van der Waals surface area contributed by atoms with Crippen molar-refractivity contribution in [2.24, 2.45) is 5.73 Å². The molecular formula is C13H18ClFN2O2. The van der Waals surface area contributed by atoms with Crippen LogP contribution in [-0.4, -0.2) is 43.2 Å². The van der Waals surface area contributed by atoms with E-state index in [1.165, 1.54) is 12.1 Å². The zero-order valence-corrected chi connectivity index (χ0v) is 11.4. The van der Waals surface area contributed by atoms with Crippen molar-refractivity contribution >= 4 is 18.3 Å². The van der Waals surface area contributed by atoms with Gasteiger partial charge in [0.1, 0.15) is 5.82 Å². The average molecular weight is 289 g/mol. The summed E-state index contributed by atoms with van der Waals surface area (Å²) >= 11 is 0. The van der Waals surface area contributed by atoms with Crippen molar-refractivity contribution in [3.63, 3.8) is 0 Å². The van der Waals surface area contributed by atoms with Gasteiger partial charge in [0.15, 0.2) is 0 Å². The van der Waals surface area contributed by atoms with Crippen molar-refractivity contribution < 1.29 is 13.9 Å². The predicted octanol–water partition coefficient (Wildman–Crippen LogP) is 0.976. The molecule has 1 aliphatic rings. The fourth-order valence-corrected chi connectivity index (χ4v) is 1.98. The molecule has 0 aromatic heterocycles. The molecule has 0 aliphatic carbocycles. The number of ether oxygens (including phenoxy) is 1. The van der Waals surface area contributed by atoms with E-state index in [1.807, 2.05) is 0 Å². The van der Waals surface area contributed by atoms with E-state index in [2.05, 4.69) is 0 Å². The second kappa shape index (κ2) is 7.43. The third-order valence-electron chi connectivity index (χ3n) is 3.01. The van der Waals surface area contributed by atoms with Crippen LogP contribution in [0, 0.1) is 5.82 Å². The van der Waals surface area contributed by atoms with E-state index in [4.69, 9.17) is 10.5 Å². The minimum absolute atomic E-state index is 0. The first-order valence-electron chi connectivity index (χ1n) is 6.03. The lowest BCUT2D eigenvalue weighted by molar-refractivity contribution is -0.136. The van der Waals surface area contributed by atoms with Crippen LogP contribution in [0.5, 0.6) is 0 Å². The number of hydrogen-bond acceptors (Lipinski definition) is 3. The van der Waals surface area contributed by atoms with E-state index in [0.29, 0.717) is 32.7 Å². The third kappa shape index (κ3) is 4.45. The van der Waals surface area contributed by atoms with Crippen molar-refractivity contribution in [3.05, 3.63) is 35.6 Å². The molecule has 1 aromatic carbocycles. The molecule has 1 fully saturated rings. The molecule has 19 heavy (non-hydrogen) atoms. The molecule has 1 saturated heterocycles. The number of carbonyl (C=O) groups excluding carboxylic acids is 1. The van der Waals surface area contributed by atoms with E-state index < -0.39 is 6.04 Å². The van der Waals surface area contributed by atoms with Crippen LogP contribution in [0.15, 0.2) is 24.3 Å². The molecule has 1 aliphatic heterocycles. The highest BCUT2D eigenvalue weighted by Gasteiger charge is 2.22. The zero-order valence-electron chi connectivity index (χ0n) is 10.5. The van der Waals surface area contributed by atoms with Gasteiger partial charge in [0.25, 0.3) is 0 Å². The Labute approximate surface area is 118 Å². The van der Waals surface area contributed by atoms with Crippen molar-refractivity contribution in [3.8, 4) is 0 Å². The van der Waals surface area contributed by atoms with Gasteiger partial charge in [0.2, 0.25) is 5.91 Å². The van der Waals surface area contributed by atoms with Crippen LogP contribution < -0.4 is 5.73 Å². The van der Waals surface area contributed by atoms with Gasteiger partial charge in [-0.15, -0.1) is 12.4 Å². The number of carbonyl (C=O) groups is 1. The summed E-state index contributed by atoms with van der Waals surface area (Å²) in [5.41, 5.74) is 6.76. The van der Waals surface area contributed by atoms with Crippen LogP contribution in [0.25, 0.3) is 0 Å². The quantitative estimate of drug-likeness (QED) is 0.902. The number of rotatable bonds is 3. The van der Waals surface area contributed by atoms with Crippen LogP contribution in [0.3, 0.4) is 0 Å². The Balaban J connectivity index is 0.00000180. The topological polar surface area (TPSA) is 55.6 Å².